The minimum absolute atomic E-state index is 0.160. The molecular formula is C27H21Cl2N5OS2. The van der Waals surface area contributed by atoms with Crippen LogP contribution in [0, 0.1) is 0 Å². The van der Waals surface area contributed by atoms with Crippen molar-refractivity contribution in [3.05, 3.63) is 117 Å². The molecule has 37 heavy (non-hydrogen) atoms. The first-order chi connectivity index (χ1) is 18.0. The summed E-state index contributed by atoms with van der Waals surface area (Å²) in [7, 11) is 0. The van der Waals surface area contributed by atoms with Crippen LogP contribution in [0.2, 0.25) is 10.0 Å². The van der Waals surface area contributed by atoms with E-state index < -0.39 is 0 Å². The van der Waals surface area contributed by atoms with Gasteiger partial charge in [-0.05, 0) is 35.4 Å². The number of carbonyl (C=O) groups is 1. The molecule has 0 saturated carbocycles. The highest BCUT2D eigenvalue weighted by Crippen LogP contribution is 2.27. The molecular weight excluding hydrogens is 545 g/mol. The average molecular weight is 567 g/mol. The molecule has 2 heterocycles. The maximum Gasteiger partial charge on any atom is 0.236 e. The number of thiazole rings is 1. The predicted octanol–water partition coefficient (Wildman–Crippen LogP) is 6.94. The van der Waals surface area contributed by atoms with Gasteiger partial charge in [0.15, 0.2) is 10.3 Å². The number of aromatic nitrogens is 4. The third-order valence-electron chi connectivity index (χ3n) is 5.41. The lowest BCUT2D eigenvalue weighted by Crippen LogP contribution is -2.14. The lowest BCUT2D eigenvalue weighted by Gasteiger charge is -2.10. The molecule has 0 spiro atoms. The Balaban J connectivity index is 1.25. The van der Waals surface area contributed by atoms with Crippen molar-refractivity contribution >= 4 is 57.3 Å². The van der Waals surface area contributed by atoms with E-state index in [0.29, 0.717) is 33.2 Å². The molecule has 1 N–H and O–H groups in total. The summed E-state index contributed by atoms with van der Waals surface area (Å²) < 4.78 is 2.00. The van der Waals surface area contributed by atoms with E-state index in [2.05, 4.69) is 32.6 Å². The molecule has 6 nitrogen and oxygen atoms in total. The van der Waals surface area contributed by atoms with Crippen LogP contribution in [0.3, 0.4) is 0 Å². The topological polar surface area (TPSA) is 72.7 Å². The van der Waals surface area contributed by atoms with E-state index in [9.17, 15) is 4.79 Å². The third kappa shape index (κ3) is 6.59. The monoisotopic (exact) mass is 565 g/mol. The van der Waals surface area contributed by atoms with E-state index in [1.54, 1.807) is 12.3 Å². The van der Waals surface area contributed by atoms with Crippen LogP contribution in [0.25, 0.3) is 5.69 Å². The van der Waals surface area contributed by atoms with Gasteiger partial charge < -0.3 is 5.32 Å². The number of thioether (sulfide) groups is 1. The lowest BCUT2D eigenvalue weighted by atomic mass is 10.1. The third-order valence-corrected chi connectivity index (χ3v) is 8.00. The minimum atomic E-state index is -0.160. The number of halogens is 2. The van der Waals surface area contributed by atoms with E-state index >= 15 is 0 Å². The van der Waals surface area contributed by atoms with Crippen molar-refractivity contribution in [3.8, 4) is 5.69 Å². The smallest absolute Gasteiger partial charge is 0.236 e. The first-order valence-electron chi connectivity index (χ1n) is 11.4. The van der Waals surface area contributed by atoms with Gasteiger partial charge in [0, 0.05) is 29.6 Å². The fourth-order valence-corrected chi connectivity index (χ4v) is 5.66. The number of nitrogens with zero attached hydrogens (tertiary/aromatic N) is 4. The van der Waals surface area contributed by atoms with E-state index in [-0.39, 0.29) is 11.7 Å². The second kappa shape index (κ2) is 11.9. The Morgan fingerprint density at radius 3 is 2.41 bits per heavy atom. The molecule has 2 aromatic heterocycles. The molecule has 5 rings (SSSR count). The first kappa shape index (κ1) is 25.5. The van der Waals surface area contributed by atoms with Gasteiger partial charge in [-0.25, -0.2) is 4.98 Å². The Kier molecular flexibility index (Phi) is 8.21. The molecule has 186 valence electrons. The number of hydrogen-bond acceptors (Lipinski definition) is 6. The minimum Gasteiger partial charge on any atom is -0.301 e. The molecule has 0 aliphatic carbocycles. The molecule has 0 aliphatic heterocycles. The van der Waals surface area contributed by atoms with E-state index in [1.165, 1.54) is 23.1 Å². The summed E-state index contributed by atoms with van der Waals surface area (Å²) in [6, 6.07) is 25.6. The maximum atomic E-state index is 12.7. The van der Waals surface area contributed by atoms with Crippen molar-refractivity contribution in [2.75, 3.05) is 11.1 Å². The first-order valence-corrected chi connectivity index (χ1v) is 14.0. The number of carbonyl (C=O) groups excluding carboxylic acids is 1. The van der Waals surface area contributed by atoms with Crippen LogP contribution in [0.4, 0.5) is 5.13 Å². The fraction of sp³-hybridized carbons (Fsp3) is 0.111. The number of nitrogens with one attached hydrogen (secondary N) is 1. The van der Waals surface area contributed by atoms with Crippen molar-refractivity contribution in [1.29, 1.82) is 0 Å². The van der Waals surface area contributed by atoms with Crippen LogP contribution in [-0.4, -0.2) is 31.4 Å². The highest BCUT2D eigenvalue weighted by Gasteiger charge is 2.17. The Labute approximate surface area is 232 Å². The molecule has 3 aromatic carbocycles. The van der Waals surface area contributed by atoms with Gasteiger partial charge in [-0.2, -0.15) is 0 Å². The summed E-state index contributed by atoms with van der Waals surface area (Å²) in [6.07, 6.45) is 3.05. The number of hydrogen-bond donors (Lipinski definition) is 1. The number of para-hydroxylation sites is 1. The van der Waals surface area contributed by atoms with Crippen molar-refractivity contribution in [2.24, 2.45) is 0 Å². The van der Waals surface area contributed by atoms with Gasteiger partial charge in [0.1, 0.15) is 5.82 Å². The molecule has 0 unspecified atom stereocenters. The van der Waals surface area contributed by atoms with Crippen LogP contribution >= 0.6 is 46.3 Å². The normalized spacial score (nSPS) is 11.0. The second-order valence-electron chi connectivity index (χ2n) is 8.13. The highest BCUT2D eigenvalue weighted by molar-refractivity contribution is 7.99. The van der Waals surface area contributed by atoms with Crippen LogP contribution in [0.5, 0.6) is 0 Å². The molecule has 10 heteroatoms. The number of anilines is 1. The zero-order valence-electron chi connectivity index (χ0n) is 19.5. The van der Waals surface area contributed by atoms with Gasteiger partial charge in [-0.3, -0.25) is 9.36 Å². The lowest BCUT2D eigenvalue weighted by molar-refractivity contribution is -0.113. The van der Waals surface area contributed by atoms with Crippen LogP contribution < -0.4 is 5.32 Å². The SMILES string of the molecule is O=C(CSc1nnc(Cc2ccccc2)n1-c1ccccc1)Nc1ncc(Cc2ccc(Cl)c(Cl)c2)s1. The van der Waals surface area contributed by atoms with E-state index in [4.69, 9.17) is 23.2 Å². The van der Waals surface area contributed by atoms with Crippen molar-refractivity contribution in [2.45, 2.75) is 18.0 Å². The molecule has 0 saturated heterocycles. The Hall–Kier alpha value is -3.17. The number of benzene rings is 3. The Bertz CT molecular complexity index is 1510. The number of rotatable bonds is 9. The molecule has 0 bridgehead atoms. The zero-order valence-corrected chi connectivity index (χ0v) is 22.6. The quantitative estimate of drug-likeness (QED) is 0.196. The van der Waals surface area contributed by atoms with Gasteiger partial charge in [0.25, 0.3) is 0 Å². The Morgan fingerprint density at radius 1 is 0.892 bits per heavy atom. The van der Waals surface area contributed by atoms with Gasteiger partial charge >= 0.3 is 0 Å². The van der Waals surface area contributed by atoms with Crippen molar-refractivity contribution in [3.63, 3.8) is 0 Å². The molecule has 0 aliphatic rings. The summed E-state index contributed by atoms with van der Waals surface area (Å²) in [6.45, 7) is 0. The predicted molar refractivity (Wildman–Crippen MR) is 151 cm³/mol. The van der Waals surface area contributed by atoms with E-state index in [0.717, 1.165) is 27.5 Å². The molecule has 0 atom stereocenters. The maximum absolute atomic E-state index is 12.7. The molecule has 0 fully saturated rings. The summed E-state index contributed by atoms with van der Waals surface area (Å²) in [5.74, 6) is 0.831. The van der Waals surface area contributed by atoms with Gasteiger partial charge in [-0.1, -0.05) is 89.6 Å². The molecule has 5 aromatic rings. The van der Waals surface area contributed by atoms with Gasteiger partial charge in [0.2, 0.25) is 5.91 Å². The molecule has 0 radical (unpaired) electrons. The van der Waals surface area contributed by atoms with Crippen molar-refractivity contribution < 1.29 is 4.79 Å². The summed E-state index contributed by atoms with van der Waals surface area (Å²) in [4.78, 5) is 18.1. The van der Waals surface area contributed by atoms with Gasteiger partial charge in [0.05, 0.1) is 15.8 Å². The van der Waals surface area contributed by atoms with Crippen LogP contribution in [-0.2, 0) is 17.6 Å². The van der Waals surface area contributed by atoms with Crippen LogP contribution in [0.1, 0.15) is 21.8 Å². The summed E-state index contributed by atoms with van der Waals surface area (Å²) in [5.41, 5.74) is 3.12. The largest absolute Gasteiger partial charge is 0.301 e. The summed E-state index contributed by atoms with van der Waals surface area (Å²) in [5, 5.41) is 14.0. The molecule has 1 amide bonds. The highest BCUT2D eigenvalue weighted by atomic mass is 35.5. The summed E-state index contributed by atoms with van der Waals surface area (Å²) >= 11 is 14.9. The van der Waals surface area contributed by atoms with E-state index in [1.807, 2.05) is 65.2 Å². The second-order valence-corrected chi connectivity index (χ2v) is 11.0. The van der Waals surface area contributed by atoms with Crippen LogP contribution in [0.15, 0.2) is 90.2 Å². The standard InChI is InChI=1S/C27H21Cl2N5OS2/c28-22-12-11-19(14-23(22)29)13-21-16-30-26(37-21)31-25(35)17-36-27-33-32-24(15-18-7-3-1-4-8-18)34(27)20-9-5-2-6-10-20/h1-12,14,16H,13,15,17H2,(H,30,31,35). The number of amides is 1. The average Bonchev–Trinajstić information content (AvgIpc) is 3.52. The Morgan fingerprint density at radius 2 is 1.65 bits per heavy atom. The fourth-order valence-electron chi connectivity index (χ4n) is 3.71. The van der Waals surface area contributed by atoms with Crippen molar-refractivity contribution in [1.82, 2.24) is 19.7 Å². The zero-order chi connectivity index (χ0) is 25.6. The van der Waals surface area contributed by atoms with Gasteiger partial charge in [-0.15, -0.1) is 21.5 Å².